The molecule has 0 aromatic carbocycles. The molecule has 0 saturated heterocycles. The van der Waals surface area contributed by atoms with Crippen LogP contribution in [0.25, 0.3) is 0 Å². The first-order chi connectivity index (χ1) is 29.1. The van der Waals surface area contributed by atoms with Crippen LogP contribution in [0.2, 0.25) is 0 Å². The highest BCUT2D eigenvalue weighted by Gasteiger charge is 2.25. The molecule has 0 rings (SSSR count). The maximum absolute atomic E-state index is 12.7. The van der Waals surface area contributed by atoms with Gasteiger partial charge >= 0.3 is 11.9 Å². The summed E-state index contributed by atoms with van der Waals surface area (Å²) >= 11 is 0. The van der Waals surface area contributed by atoms with Gasteiger partial charge in [0.2, 0.25) is 0 Å². The monoisotopic (exact) mass is 838 g/mol. The summed E-state index contributed by atoms with van der Waals surface area (Å²) in [6, 6.07) is -0.738. The fraction of sp³-hybridized carbons (Fsp3) is 0.673. The van der Waals surface area contributed by atoms with E-state index in [1.807, 2.05) is 48.6 Å². The number of quaternary nitrogens is 1. The fourth-order valence-electron chi connectivity index (χ4n) is 6.54. The third-order valence-electron chi connectivity index (χ3n) is 10.2. The Morgan fingerprint density at radius 1 is 0.517 bits per heavy atom. The number of nitrogens with zero attached hydrogens (tertiary/aromatic N) is 1. The van der Waals surface area contributed by atoms with Crippen molar-refractivity contribution < 1.29 is 38.2 Å². The molecule has 0 amide bonds. The van der Waals surface area contributed by atoms with Crippen LogP contribution >= 0.6 is 0 Å². The Morgan fingerprint density at radius 2 is 0.967 bits per heavy atom. The van der Waals surface area contributed by atoms with Gasteiger partial charge in [0.15, 0.2) is 6.10 Å². The van der Waals surface area contributed by atoms with E-state index in [-0.39, 0.29) is 49.1 Å². The number of hydrogen-bond acceptors (Lipinski definition) is 7. The number of likely N-dealkylation sites (N-methyl/N-ethyl adjacent to an activating group) is 1. The van der Waals surface area contributed by atoms with E-state index in [1.54, 1.807) is 21.1 Å². The predicted molar refractivity (Wildman–Crippen MR) is 249 cm³/mol. The molecule has 0 radical (unpaired) electrons. The van der Waals surface area contributed by atoms with Gasteiger partial charge in [-0.2, -0.15) is 0 Å². The molecule has 0 N–H and O–H groups in total. The van der Waals surface area contributed by atoms with Gasteiger partial charge in [0.25, 0.3) is 0 Å². The second-order valence-corrected chi connectivity index (χ2v) is 16.7. The average Bonchev–Trinajstić information content (AvgIpc) is 3.21. The van der Waals surface area contributed by atoms with Crippen LogP contribution in [0, 0.1) is 0 Å². The number of aliphatic carboxylic acids is 1. The lowest BCUT2D eigenvalue weighted by Crippen LogP contribution is -2.55. The minimum absolute atomic E-state index is 0.0193. The minimum atomic E-state index is -1.14. The van der Waals surface area contributed by atoms with Crippen molar-refractivity contribution in [3.8, 4) is 0 Å². The highest BCUT2D eigenvalue weighted by molar-refractivity contribution is 5.70. The van der Waals surface area contributed by atoms with Crippen LogP contribution in [0.15, 0.2) is 85.1 Å². The number of rotatable bonds is 41. The molecule has 60 heavy (non-hydrogen) atoms. The zero-order valence-electron chi connectivity index (χ0n) is 38.8. The zero-order chi connectivity index (χ0) is 44.2. The number of carbonyl (C=O) groups is 3. The molecule has 0 aromatic heterocycles. The molecule has 0 spiro atoms. The van der Waals surface area contributed by atoms with E-state index in [4.69, 9.17) is 14.2 Å². The van der Waals surface area contributed by atoms with Crippen LogP contribution in [0.5, 0.6) is 0 Å². The molecule has 0 heterocycles. The number of unbranched alkanes of at least 4 members (excludes halogenated alkanes) is 17. The first-order valence-corrected chi connectivity index (χ1v) is 23.7. The molecule has 0 bridgehead atoms. The second-order valence-electron chi connectivity index (χ2n) is 16.7. The summed E-state index contributed by atoms with van der Waals surface area (Å²) in [6.45, 7) is 4.37. The third kappa shape index (κ3) is 39.9. The molecule has 0 aromatic rings. The van der Waals surface area contributed by atoms with E-state index in [9.17, 15) is 19.5 Å². The van der Waals surface area contributed by atoms with E-state index in [0.29, 0.717) is 12.8 Å². The van der Waals surface area contributed by atoms with Crippen LogP contribution < -0.4 is 5.11 Å². The maximum atomic E-state index is 12.7. The van der Waals surface area contributed by atoms with E-state index in [1.165, 1.54) is 77.0 Å². The Balaban J connectivity index is 4.31. The van der Waals surface area contributed by atoms with Gasteiger partial charge in [-0.1, -0.05) is 182 Å². The molecular formula is C52H87NO7. The summed E-state index contributed by atoms with van der Waals surface area (Å²) in [4.78, 5) is 36.9. The number of allylic oxidation sites excluding steroid dienone is 14. The van der Waals surface area contributed by atoms with Gasteiger partial charge in [-0.25, -0.2) is 0 Å². The molecule has 2 atom stereocenters. The van der Waals surface area contributed by atoms with E-state index in [0.717, 1.165) is 57.8 Å². The highest BCUT2D eigenvalue weighted by atomic mass is 16.6. The normalized spacial score (nSPS) is 13.7. The third-order valence-corrected chi connectivity index (χ3v) is 10.2. The number of carboxylic acid groups (broad SMARTS) is 1. The smallest absolute Gasteiger partial charge is 0.306 e. The standard InChI is InChI=1S/C52H87NO7/c1-6-8-10-12-14-16-18-20-22-23-24-25-26-27-29-30-32-34-36-38-40-42-50(54)59-47-48(46-58-45-44-49(52(56)57)53(3,4)5)60-51(55)43-41-39-37-35-33-31-28-21-19-17-15-13-11-9-7-2/h8-11,13-17,19,21,28,31,33,48-49H,6-7,12,18,20,22-27,29-30,32,34-47H2,1-5H3/b10-8+,11-9+,15-13+,16-14+,19-17+,28-21+,33-31+. The predicted octanol–water partition coefficient (Wildman–Crippen LogP) is 12.0. The minimum Gasteiger partial charge on any atom is -0.544 e. The molecule has 0 saturated carbocycles. The molecular weight excluding hydrogens is 751 g/mol. The van der Waals surface area contributed by atoms with Gasteiger partial charge in [0, 0.05) is 19.3 Å². The van der Waals surface area contributed by atoms with Crippen molar-refractivity contribution in [3.05, 3.63) is 85.1 Å². The second kappa shape index (κ2) is 42.2. The van der Waals surface area contributed by atoms with Crippen molar-refractivity contribution >= 4 is 17.9 Å². The molecule has 8 heteroatoms. The summed E-state index contributed by atoms with van der Waals surface area (Å²) in [5.74, 6) is -1.80. The highest BCUT2D eigenvalue weighted by Crippen LogP contribution is 2.15. The van der Waals surface area contributed by atoms with Gasteiger partial charge < -0.3 is 28.6 Å². The first-order valence-electron chi connectivity index (χ1n) is 23.7. The summed E-state index contributed by atoms with van der Waals surface area (Å²) < 4.78 is 17.2. The average molecular weight is 838 g/mol. The first kappa shape index (κ1) is 56.5. The van der Waals surface area contributed by atoms with Crippen molar-refractivity contribution in [1.29, 1.82) is 0 Å². The molecule has 8 nitrogen and oxygen atoms in total. The van der Waals surface area contributed by atoms with Gasteiger partial charge in [-0.05, 0) is 57.8 Å². The van der Waals surface area contributed by atoms with Gasteiger partial charge in [-0.3, -0.25) is 9.59 Å². The zero-order valence-corrected chi connectivity index (χ0v) is 38.8. The van der Waals surface area contributed by atoms with Crippen molar-refractivity contribution in [1.82, 2.24) is 0 Å². The van der Waals surface area contributed by atoms with Crippen LogP contribution in [0.3, 0.4) is 0 Å². The van der Waals surface area contributed by atoms with Crippen LogP contribution in [0.1, 0.15) is 174 Å². The Kier molecular flexibility index (Phi) is 39.8. The maximum Gasteiger partial charge on any atom is 0.306 e. The van der Waals surface area contributed by atoms with Gasteiger partial charge in [0.05, 0.1) is 40.3 Å². The van der Waals surface area contributed by atoms with Crippen LogP contribution in [0.4, 0.5) is 0 Å². The Labute approximate surface area is 367 Å². The largest absolute Gasteiger partial charge is 0.544 e. The van der Waals surface area contributed by atoms with Gasteiger partial charge in [-0.15, -0.1) is 0 Å². The van der Waals surface area contributed by atoms with Crippen molar-refractivity contribution in [3.63, 3.8) is 0 Å². The Hall–Kier alpha value is -3.49. The van der Waals surface area contributed by atoms with E-state index in [2.05, 4.69) is 50.3 Å². The quantitative estimate of drug-likeness (QED) is 0.0199. The molecule has 342 valence electrons. The number of carboxylic acids is 1. The van der Waals surface area contributed by atoms with Crippen molar-refractivity contribution in [2.24, 2.45) is 0 Å². The number of hydrogen-bond donors (Lipinski definition) is 0. The number of ether oxygens (including phenoxy) is 3. The molecule has 0 aliphatic rings. The lowest BCUT2D eigenvalue weighted by Gasteiger charge is -2.34. The van der Waals surface area contributed by atoms with Crippen LogP contribution in [-0.4, -0.2) is 75.5 Å². The molecule has 2 unspecified atom stereocenters. The fourth-order valence-corrected chi connectivity index (χ4v) is 6.54. The van der Waals surface area contributed by atoms with Gasteiger partial charge in [0.1, 0.15) is 12.6 Å². The summed E-state index contributed by atoms with van der Waals surface area (Å²) in [5, 5.41) is 11.6. The van der Waals surface area contributed by atoms with Crippen LogP contribution in [-0.2, 0) is 28.6 Å². The number of carbonyl (C=O) groups excluding carboxylic acids is 3. The van der Waals surface area contributed by atoms with Crippen molar-refractivity contribution in [2.75, 3.05) is 41.0 Å². The van der Waals surface area contributed by atoms with E-state index >= 15 is 0 Å². The number of esters is 2. The molecule has 0 aliphatic carbocycles. The molecule has 0 fully saturated rings. The Morgan fingerprint density at radius 3 is 1.50 bits per heavy atom. The van der Waals surface area contributed by atoms with E-state index < -0.39 is 18.1 Å². The van der Waals surface area contributed by atoms with Crippen molar-refractivity contribution in [2.45, 2.75) is 187 Å². The summed E-state index contributed by atoms with van der Waals surface area (Å²) in [7, 11) is 5.39. The molecule has 0 aliphatic heterocycles. The summed E-state index contributed by atoms with van der Waals surface area (Å²) in [5.41, 5.74) is 0. The Bertz CT molecular complexity index is 1250. The lowest BCUT2D eigenvalue weighted by molar-refractivity contribution is -0.889. The summed E-state index contributed by atoms with van der Waals surface area (Å²) in [6.07, 6.45) is 54.7. The lowest BCUT2D eigenvalue weighted by atomic mass is 10.0. The SMILES string of the molecule is CC/C=C/C=C/C=C/C=C/C=C/CCCCCC(=O)OC(COCCC(C(=O)[O-])[N+](C)(C)C)COC(=O)CCCCCCCCCCCCCCCC/C=C/C/C=C/CC. The topological polar surface area (TPSA) is 102 Å².